The van der Waals surface area contributed by atoms with Crippen LogP contribution >= 0.6 is 0 Å². The van der Waals surface area contributed by atoms with E-state index in [2.05, 4.69) is 21.9 Å². The minimum atomic E-state index is 0.190. The Labute approximate surface area is 88.9 Å². The third kappa shape index (κ3) is 2.33. The van der Waals surface area contributed by atoms with Crippen LogP contribution in [0.2, 0.25) is 0 Å². The first-order chi connectivity index (χ1) is 7.29. The summed E-state index contributed by atoms with van der Waals surface area (Å²) >= 11 is 0. The summed E-state index contributed by atoms with van der Waals surface area (Å²) in [6.45, 7) is 2.14. The number of hydrogen-bond donors (Lipinski definition) is 2. The Bertz CT molecular complexity index is 402. The van der Waals surface area contributed by atoms with E-state index in [1.54, 1.807) is 6.20 Å². The molecule has 0 aliphatic carbocycles. The molecule has 0 spiro atoms. The molecule has 0 fully saturated rings. The number of rotatable bonds is 4. The van der Waals surface area contributed by atoms with Gasteiger partial charge in [-0.25, -0.2) is 9.97 Å². The number of nitrogens with two attached hydrogens (primary N) is 1. The van der Waals surface area contributed by atoms with Crippen LogP contribution in [0.3, 0.4) is 0 Å². The molecule has 0 aromatic carbocycles. The van der Waals surface area contributed by atoms with Crippen LogP contribution in [0.15, 0.2) is 18.3 Å². The Kier molecular flexibility index (Phi) is 2.97. The SMILES string of the molecule is CCCC(N)Cc1nc2ncccc2[nH]1. The number of hydrogen-bond acceptors (Lipinski definition) is 3. The highest BCUT2D eigenvalue weighted by molar-refractivity contribution is 5.69. The molecule has 0 saturated heterocycles. The standard InChI is InChI=1S/C11H16N4/c1-2-4-8(12)7-10-14-9-5-3-6-13-11(9)15-10/h3,5-6,8H,2,4,7,12H2,1H3,(H,13,14,15). The van der Waals surface area contributed by atoms with Crippen molar-refractivity contribution in [3.05, 3.63) is 24.2 Å². The van der Waals surface area contributed by atoms with Crippen LogP contribution in [0.25, 0.3) is 11.2 Å². The summed E-state index contributed by atoms with van der Waals surface area (Å²) in [4.78, 5) is 11.8. The minimum Gasteiger partial charge on any atom is -0.341 e. The van der Waals surface area contributed by atoms with Gasteiger partial charge in [-0.05, 0) is 18.6 Å². The van der Waals surface area contributed by atoms with Gasteiger partial charge >= 0.3 is 0 Å². The van der Waals surface area contributed by atoms with Gasteiger partial charge in [-0.15, -0.1) is 0 Å². The average Bonchev–Trinajstić information content (AvgIpc) is 2.59. The molecule has 4 heteroatoms. The lowest BCUT2D eigenvalue weighted by Gasteiger charge is -2.06. The van der Waals surface area contributed by atoms with E-state index >= 15 is 0 Å². The van der Waals surface area contributed by atoms with Gasteiger partial charge in [-0.3, -0.25) is 0 Å². The molecule has 2 aromatic heterocycles. The normalized spacial score (nSPS) is 13.2. The van der Waals surface area contributed by atoms with Crippen molar-refractivity contribution in [1.82, 2.24) is 15.0 Å². The van der Waals surface area contributed by atoms with Gasteiger partial charge in [0.25, 0.3) is 0 Å². The second kappa shape index (κ2) is 4.40. The largest absolute Gasteiger partial charge is 0.341 e. The number of imidazole rings is 1. The minimum absolute atomic E-state index is 0.190. The number of fused-ring (bicyclic) bond motifs is 1. The molecule has 0 amide bonds. The van der Waals surface area contributed by atoms with Crippen molar-refractivity contribution in [2.24, 2.45) is 5.73 Å². The smallest absolute Gasteiger partial charge is 0.177 e. The monoisotopic (exact) mass is 204 g/mol. The molecule has 2 heterocycles. The van der Waals surface area contributed by atoms with Gasteiger partial charge in [0.1, 0.15) is 5.82 Å². The van der Waals surface area contributed by atoms with E-state index in [-0.39, 0.29) is 6.04 Å². The Morgan fingerprint density at radius 1 is 1.53 bits per heavy atom. The highest BCUT2D eigenvalue weighted by atomic mass is 15.0. The predicted molar refractivity (Wildman–Crippen MR) is 60.5 cm³/mol. The second-order valence-corrected chi connectivity index (χ2v) is 3.81. The molecule has 4 nitrogen and oxygen atoms in total. The number of pyridine rings is 1. The average molecular weight is 204 g/mol. The molecule has 0 saturated carbocycles. The van der Waals surface area contributed by atoms with Crippen molar-refractivity contribution in [2.75, 3.05) is 0 Å². The highest BCUT2D eigenvalue weighted by Crippen LogP contribution is 2.09. The molecule has 3 N–H and O–H groups in total. The predicted octanol–water partition coefficient (Wildman–Crippen LogP) is 1.63. The zero-order chi connectivity index (χ0) is 10.7. The number of aromatic amines is 1. The maximum atomic E-state index is 5.96. The second-order valence-electron chi connectivity index (χ2n) is 3.81. The summed E-state index contributed by atoms with van der Waals surface area (Å²) in [5, 5.41) is 0. The maximum Gasteiger partial charge on any atom is 0.177 e. The molecule has 15 heavy (non-hydrogen) atoms. The third-order valence-corrected chi connectivity index (χ3v) is 2.42. The summed E-state index contributed by atoms with van der Waals surface area (Å²) in [5.74, 6) is 0.935. The molecule has 0 bridgehead atoms. The Balaban J connectivity index is 2.15. The molecule has 80 valence electrons. The van der Waals surface area contributed by atoms with E-state index in [1.807, 2.05) is 12.1 Å². The molecule has 2 rings (SSSR count). The Morgan fingerprint density at radius 3 is 3.13 bits per heavy atom. The van der Waals surface area contributed by atoms with E-state index in [0.717, 1.165) is 36.3 Å². The van der Waals surface area contributed by atoms with Crippen molar-refractivity contribution in [1.29, 1.82) is 0 Å². The van der Waals surface area contributed by atoms with Crippen LogP contribution in [0.1, 0.15) is 25.6 Å². The number of nitrogens with one attached hydrogen (secondary N) is 1. The first-order valence-electron chi connectivity index (χ1n) is 5.34. The first kappa shape index (κ1) is 10.1. The van der Waals surface area contributed by atoms with Gasteiger partial charge in [-0.1, -0.05) is 13.3 Å². The quantitative estimate of drug-likeness (QED) is 0.795. The van der Waals surface area contributed by atoms with Crippen molar-refractivity contribution in [3.8, 4) is 0 Å². The maximum absolute atomic E-state index is 5.96. The van der Waals surface area contributed by atoms with Crippen LogP contribution in [-0.4, -0.2) is 21.0 Å². The van der Waals surface area contributed by atoms with Crippen LogP contribution in [-0.2, 0) is 6.42 Å². The van der Waals surface area contributed by atoms with E-state index in [1.165, 1.54) is 0 Å². The molecule has 1 atom stereocenters. The number of nitrogens with zero attached hydrogens (tertiary/aromatic N) is 2. The fourth-order valence-corrected chi connectivity index (χ4v) is 1.71. The lowest BCUT2D eigenvalue weighted by molar-refractivity contribution is 0.588. The van der Waals surface area contributed by atoms with Crippen molar-refractivity contribution in [3.63, 3.8) is 0 Å². The molecule has 0 aliphatic rings. The van der Waals surface area contributed by atoms with Crippen molar-refractivity contribution < 1.29 is 0 Å². The van der Waals surface area contributed by atoms with Gasteiger partial charge in [0.05, 0.1) is 5.52 Å². The lowest BCUT2D eigenvalue weighted by Crippen LogP contribution is -2.22. The van der Waals surface area contributed by atoms with Gasteiger partial charge in [-0.2, -0.15) is 0 Å². The summed E-state index contributed by atoms with van der Waals surface area (Å²) < 4.78 is 0. The molecule has 2 aromatic rings. The van der Waals surface area contributed by atoms with Crippen molar-refractivity contribution >= 4 is 11.2 Å². The fraction of sp³-hybridized carbons (Fsp3) is 0.455. The third-order valence-electron chi connectivity index (χ3n) is 2.42. The van der Waals surface area contributed by atoms with E-state index in [0.29, 0.717) is 0 Å². The highest BCUT2D eigenvalue weighted by Gasteiger charge is 2.07. The molecule has 0 aliphatic heterocycles. The summed E-state index contributed by atoms with van der Waals surface area (Å²) in [5.41, 5.74) is 7.71. The fourth-order valence-electron chi connectivity index (χ4n) is 1.71. The Hall–Kier alpha value is -1.42. The number of aromatic nitrogens is 3. The summed E-state index contributed by atoms with van der Waals surface area (Å²) in [6.07, 6.45) is 4.69. The van der Waals surface area contributed by atoms with Crippen LogP contribution in [0.4, 0.5) is 0 Å². The van der Waals surface area contributed by atoms with E-state index in [4.69, 9.17) is 5.73 Å². The van der Waals surface area contributed by atoms with Crippen LogP contribution < -0.4 is 5.73 Å². The summed E-state index contributed by atoms with van der Waals surface area (Å²) in [6, 6.07) is 4.07. The zero-order valence-corrected chi connectivity index (χ0v) is 8.90. The van der Waals surface area contributed by atoms with Gasteiger partial charge in [0.15, 0.2) is 5.65 Å². The van der Waals surface area contributed by atoms with Gasteiger partial charge in [0, 0.05) is 18.7 Å². The van der Waals surface area contributed by atoms with Crippen LogP contribution in [0.5, 0.6) is 0 Å². The lowest BCUT2D eigenvalue weighted by atomic mass is 10.1. The molecular formula is C11H16N4. The molecule has 0 radical (unpaired) electrons. The van der Waals surface area contributed by atoms with Gasteiger partial charge in [0.2, 0.25) is 0 Å². The van der Waals surface area contributed by atoms with Crippen molar-refractivity contribution in [2.45, 2.75) is 32.2 Å². The summed E-state index contributed by atoms with van der Waals surface area (Å²) in [7, 11) is 0. The van der Waals surface area contributed by atoms with Crippen LogP contribution in [0, 0.1) is 0 Å². The Morgan fingerprint density at radius 2 is 2.40 bits per heavy atom. The van der Waals surface area contributed by atoms with E-state index in [9.17, 15) is 0 Å². The first-order valence-corrected chi connectivity index (χ1v) is 5.34. The topological polar surface area (TPSA) is 67.6 Å². The molecular weight excluding hydrogens is 188 g/mol. The number of H-pyrrole nitrogens is 1. The van der Waals surface area contributed by atoms with Gasteiger partial charge < -0.3 is 10.7 Å². The van der Waals surface area contributed by atoms with E-state index < -0.39 is 0 Å². The zero-order valence-electron chi connectivity index (χ0n) is 8.90. The molecule has 1 unspecified atom stereocenters.